The molecule has 0 heterocycles. The van der Waals surface area contributed by atoms with Crippen molar-refractivity contribution in [2.45, 2.75) is 18.6 Å². The number of likely N-dealkylation sites (N-methyl/N-ethyl adjacent to an activating group) is 1. The van der Waals surface area contributed by atoms with Crippen molar-refractivity contribution >= 4 is 0 Å². The third-order valence-electron chi connectivity index (χ3n) is 3.32. The van der Waals surface area contributed by atoms with E-state index in [1.54, 1.807) is 19.2 Å². The predicted octanol–water partition coefficient (Wildman–Crippen LogP) is 4.35. The molecule has 0 spiro atoms. The topological polar surface area (TPSA) is 12.0 Å². The highest BCUT2D eigenvalue weighted by Crippen LogP contribution is 2.30. The molecule has 0 aliphatic rings. The van der Waals surface area contributed by atoms with Gasteiger partial charge in [-0.1, -0.05) is 24.3 Å². The predicted molar refractivity (Wildman–Crippen MR) is 73.3 cm³/mol. The first-order valence-electron chi connectivity index (χ1n) is 6.49. The first kappa shape index (κ1) is 15.5. The Morgan fingerprint density at radius 3 is 2.24 bits per heavy atom. The van der Waals surface area contributed by atoms with Crippen LogP contribution in [0.5, 0.6) is 0 Å². The molecular formula is C16H15F4N. The molecule has 1 atom stereocenters. The van der Waals surface area contributed by atoms with Gasteiger partial charge < -0.3 is 5.32 Å². The summed E-state index contributed by atoms with van der Waals surface area (Å²) in [6.07, 6.45) is -3.84. The van der Waals surface area contributed by atoms with E-state index in [0.717, 1.165) is 23.3 Å². The maximum absolute atomic E-state index is 13.2. The largest absolute Gasteiger partial charge is 0.416 e. The van der Waals surface area contributed by atoms with Crippen LogP contribution in [0.2, 0.25) is 0 Å². The smallest absolute Gasteiger partial charge is 0.313 e. The quantitative estimate of drug-likeness (QED) is 0.827. The van der Waals surface area contributed by atoms with Gasteiger partial charge in [0.1, 0.15) is 5.82 Å². The number of halogens is 4. The lowest BCUT2D eigenvalue weighted by atomic mass is 9.98. The van der Waals surface area contributed by atoms with Crippen LogP contribution in [0.25, 0.3) is 0 Å². The number of benzene rings is 2. The lowest BCUT2D eigenvalue weighted by Crippen LogP contribution is -2.19. The van der Waals surface area contributed by atoms with Crippen molar-refractivity contribution in [2.75, 3.05) is 7.05 Å². The van der Waals surface area contributed by atoms with Crippen LogP contribution in [0.15, 0.2) is 48.5 Å². The molecule has 2 aromatic rings. The average molecular weight is 297 g/mol. The summed E-state index contributed by atoms with van der Waals surface area (Å²) in [5.74, 6) is -0.324. The Bertz CT molecular complexity index is 590. The number of nitrogens with one attached hydrogen (secondary N) is 1. The zero-order valence-corrected chi connectivity index (χ0v) is 11.4. The summed E-state index contributed by atoms with van der Waals surface area (Å²) < 4.78 is 50.8. The summed E-state index contributed by atoms with van der Waals surface area (Å²) in [5, 5.41) is 3.04. The van der Waals surface area contributed by atoms with Gasteiger partial charge in [-0.25, -0.2) is 4.39 Å². The van der Waals surface area contributed by atoms with E-state index in [1.807, 2.05) is 0 Å². The second-order valence-corrected chi connectivity index (χ2v) is 4.80. The molecule has 1 N–H and O–H groups in total. The Hall–Kier alpha value is -1.88. The van der Waals surface area contributed by atoms with Gasteiger partial charge in [0.2, 0.25) is 0 Å². The van der Waals surface area contributed by atoms with Gasteiger partial charge in [-0.05, 0) is 48.9 Å². The minimum absolute atomic E-state index is 0.172. The number of rotatable bonds is 4. The van der Waals surface area contributed by atoms with Crippen molar-refractivity contribution in [1.82, 2.24) is 5.32 Å². The molecule has 0 saturated heterocycles. The number of hydrogen-bond donors (Lipinski definition) is 1. The highest BCUT2D eigenvalue weighted by Gasteiger charge is 2.30. The van der Waals surface area contributed by atoms with Gasteiger partial charge in [-0.15, -0.1) is 0 Å². The lowest BCUT2D eigenvalue weighted by molar-refractivity contribution is -0.137. The molecule has 0 bridgehead atoms. The molecule has 0 saturated carbocycles. The molecular weight excluding hydrogens is 282 g/mol. The third-order valence-corrected chi connectivity index (χ3v) is 3.32. The first-order valence-corrected chi connectivity index (χ1v) is 6.49. The molecule has 0 amide bonds. The molecule has 21 heavy (non-hydrogen) atoms. The van der Waals surface area contributed by atoms with Crippen LogP contribution in [0, 0.1) is 5.82 Å². The van der Waals surface area contributed by atoms with E-state index in [0.29, 0.717) is 6.42 Å². The van der Waals surface area contributed by atoms with Gasteiger partial charge in [-0.2, -0.15) is 13.2 Å². The molecule has 5 heteroatoms. The van der Waals surface area contributed by atoms with E-state index in [-0.39, 0.29) is 11.9 Å². The Labute approximate surface area is 120 Å². The van der Waals surface area contributed by atoms with Crippen LogP contribution in [-0.2, 0) is 12.6 Å². The summed E-state index contributed by atoms with van der Waals surface area (Å²) >= 11 is 0. The van der Waals surface area contributed by atoms with Gasteiger partial charge in [0, 0.05) is 6.04 Å². The Morgan fingerprint density at radius 2 is 1.71 bits per heavy atom. The van der Waals surface area contributed by atoms with E-state index in [4.69, 9.17) is 0 Å². The summed E-state index contributed by atoms with van der Waals surface area (Å²) in [6.45, 7) is 0. The molecule has 0 aliphatic heterocycles. The molecule has 112 valence electrons. The molecule has 0 fully saturated rings. The average Bonchev–Trinajstić information content (AvgIpc) is 2.44. The van der Waals surface area contributed by atoms with Crippen LogP contribution >= 0.6 is 0 Å². The fourth-order valence-electron chi connectivity index (χ4n) is 2.19. The van der Waals surface area contributed by atoms with E-state index in [9.17, 15) is 17.6 Å². The summed E-state index contributed by atoms with van der Waals surface area (Å²) in [7, 11) is 1.72. The van der Waals surface area contributed by atoms with E-state index >= 15 is 0 Å². The van der Waals surface area contributed by atoms with Gasteiger partial charge in [-0.3, -0.25) is 0 Å². The van der Waals surface area contributed by atoms with Gasteiger partial charge >= 0.3 is 6.18 Å². The zero-order chi connectivity index (χ0) is 15.5. The number of alkyl halides is 3. The van der Waals surface area contributed by atoms with Gasteiger partial charge in [0.15, 0.2) is 0 Å². The highest BCUT2D eigenvalue weighted by atomic mass is 19.4. The minimum atomic E-state index is -4.34. The molecule has 0 aromatic heterocycles. The van der Waals surface area contributed by atoms with Crippen molar-refractivity contribution in [1.29, 1.82) is 0 Å². The Kier molecular flexibility index (Phi) is 4.63. The summed E-state index contributed by atoms with van der Waals surface area (Å²) in [6, 6.07) is 11.0. The third kappa shape index (κ3) is 4.04. The zero-order valence-electron chi connectivity index (χ0n) is 11.4. The second kappa shape index (κ2) is 6.26. The van der Waals surface area contributed by atoms with Crippen molar-refractivity contribution in [3.63, 3.8) is 0 Å². The van der Waals surface area contributed by atoms with E-state index < -0.39 is 11.7 Å². The fourth-order valence-corrected chi connectivity index (χ4v) is 2.19. The highest BCUT2D eigenvalue weighted by molar-refractivity contribution is 5.28. The standard InChI is InChI=1S/C16H15F4N/c1-21-15(10-11-3-2-4-14(17)9-11)12-5-7-13(8-6-12)16(18,19)20/h2-9,15,21H,10H2,1H3. The Morgan fingerprint density at radius 1 is 1.05 bits per heavy atom. The minimum Gasteiger partial charge on any atom is -0.313 e. The van der Waals surface area contributed by atoms with Crippen molar-refractivity contribution < 1.29 is 17.6 Å². The molecule has 1 unspecified atom stereocenters. The van der Waals surface area contributed by atoms with Crippen LogP contribution < -0.4 is 5.32 Å². The molecule has 1 nitrogen and oxygen atoms in total. The Balaban J connectivity index is 2.18. The van der Waals surface area contributed by atoms with Crippen molar-refractivity contribution in [3.8, 4) is 0 Å². The van der Waals surface area contributed by atoms with Gasteiger partial charge in [0.05, 0.1) is 5.56 Å². The van der Waals surface area contributed by atoms with Crippen LogP contribution in [0.1, 0.15) is 22.7 Å². The second-order valence-electron chi connectivity index (χ2n) is 4.80. The SMILES string of the molecule is CNC(Cc1cccc(F)c1)c1ccc(C(F)(F)F)cc1. The van der Waals surface area contributed by atoms with Crippen molar-refractivity contribution in [2.24, 2.45) is 0 Å². The molecule has 2 rings (SSSR count). The summed E-state index contributed by atoms with van der Waals surface area (Å²) in [5.41, 5.74) is 0.843. The number of hydrogen-bond acceptors (Lipinski definition) is 1. The van der Waals surface area contributed by atoms with Gasteiger partial charge in [0.25, 0.3) is 0 Å². The maximum atomic E-state index is 13.2. The first-order chi connectivity index (χ1) is 9.90. The summed E-state index contributed by atoms with van der Waals surface area (Å²) in [4.78, 5) is 0. The van der Waals surface area contributed by atoms with E-state index in [2.05, 4.69) is 5.32 Å². The van der Waals surface area contributed by atoms with Crippen molar-refractivity contribution in [3.05, 3.63) is 71.0 Å². The van der Waals surface area contributed by atoms with Crippen LogP contribution in [-0.4, -0.2) is 7.05 Å². The van der Waals surface area contributed by atoms with Crippen LogP contribution in [0.4, 0.5) is 17.6 Å². The lowest BCUT2D eigenvalue weighted by Gasteiger charge is -2.17. The molecule has 0 aliphatic carbocycles. The monoisotopic (exact) mass is 297 g/mol. The molecule has 0 radical (unpaired) electrons. The maximum Gasteiger partial charge on any atom is 0.416 e. The fraction of sp³-hybridized carbons (Fsp3) is 0.250. The normalized spacial score (nSPS) is 13.2. The van der Waals surface area contributed by atoms with Crippen LogP contribution in [0.3, 0.4) is 0 Å². The molecule has 2 aromatic carbocycles. The van der Waals surface area contributed by atoms with E-state index in [1.165, 1.54) is 24.3 Å².